The van der Waals surface area contributed by atoms with Crippen LogP contribution in [-0.2, 0) is 4.74 Å². The van der Waals surface area contributed by atoms with Gasteiger partial charge in [0.2, 0.25) is 0 Å². The molecule has 0 saturated carbocycles. The third-order valence-corrected chi connectivity index (χ3v) is 2.43. The lowest BCUT2D eigenvalue weighted by atomic mass is 9.98. The van der Waals surface area contributed by atoms with Gasteiger partial charge < -0.3 is 15.4 Å². The fourth-order valence-corrected chi connectivity index (χ4v) is 1.56. The molecule has 1 aliphatic heterocycles. The number of hydrogen-bond donors (Lipinski definition) is 2. The maximum absolute atomic E-state index is 11.1. The van der Waals surface area contributed by atoms with Crippen molar-refractivity contribution in [1.82, 2.24) is 10.6 Å². The molecule has 0 aromatic heterocycles. The average Bonchev–Trinajstić information content (AvgIpc) is 2.25. The van der Waals surface area contributed by atoms with E-state index in [2.05, 4.69) is 10.6 Å². The Bertz CT molecular complexity index is 168. The molecule has 0 aromatic rings. The molecule has 0 aromatic carbocycles. The molecule has 1 saturated heterocycles. The molecule has 82 valence electrons. The van der Waals surface area contributed by atoms with Gasteiger partial charge in [-0.3, -0.25) is 0 Å². The largest absolute Gasteiger partial charge is 0.450 e. The van der Waals surface area contributed by atoms with Crippen LogP contribution in [0.15, 0.2) is 0 Å². The summed E-state index contributed by atoms with van der Waals surface area (Å²) in [6.07, 6.45) is 2.90. The minimum absolute atomic E-state index is 0.273. The average molecular weight is 200 g/mol. The van der Waals surface area contributed by atoms with Crippen LogP contribution in [0.25, 0.3) is 0 Å². The molecule has 0 spiro atoms. The first-order valence-electron chi connectivity index (χ1n) is 5.44. The lowest BCUT2D eigenvalue weighted by Crippen LogP contribution is -2.36. The molecule has 0 radical (unpaired) electrons. The summed E-state index contributed by atoms with van der Waals surface area (Å²) >= 11 is 0. The standard InChI is InChI=1S/C10H20N2O2/c1-2-7-14-10(13)12-8-9-3-5-11-6-4-9/h9,11H,2-8H2,1H3,(H,12,13). The molecular formula is C10H20N2O2. The van der Waals surface area contributed by atoms with Gasteiger partial charge in [-0.2, -0.15) is 0 Å². The second-order valence-electron chi connectivity index (χ2n) is 3.71. The molecule has 1 amide bonds. The van der Waals surface area contributed by atoms with Crippen molar-refractivity contribution in [2.24, 2.45) is 5.92 Å². The summed E-state index contributed by atoms with van der Waals surface area (Å²) in [7, 11) is 0. The highest BCUT2D eigenvalue weighted by Gasteiger charge is 2.13. The molecule has 0 unspecified atom stereocenters. The molecule has 0 aliphatic carbocycles. The van der Waals surface area contributed by atoms with Gasteiger partial charge in [-0.25, -0.2) is 4.79 Å². The van der Waals surface area contributed by atoms with E-state index in [0.29, 0.717) is 12.5 Å². The quantitative estimate of drug-likeness (QED) is 0.715. The molecule has 14 heavy (non-hydrogen) atoms. The first-order chi connectivity index (χ1) is 6.83. The Kier molecular flexibility index (Phi) is 5.37. The van der Waals surface area contributed by atoms with Gasteiger partial charge in [-0.1, -0.05) is 6.92 Å². The summed E-state index contributed by atoms with van der Waals surface area (Å²) in [5.41, 5.74) is 0. The van der Waals surface area contributed by atoms with Crippen molar-refractivity contribution < 1.29 is 9.53 Å². The zero-order valence-corrected chi connectivity index (χ0v) is 8.84. The van der Waals surface area contributed by atoms with E-state index in [9.17, 15) is 4.79 Å². The Balaban J connectivity index is 2.03. The van der Waals surface area contributed by atoms with Crippen LogP contribution in [0.5, 0.6) is 0 Å². The smallest absolute Gasteiger partial charge is 0.407 e. The Morgan fingerprint density at radius 3 is 2.86 bits per heavy atom. The monoisotopic (exact) mass is 200 g/mol. The van der Waals surface area contributed by atoms with Crippen LogP contribution in [0.3, 0.4) is 0 Å². The van der Waals surface area contributed by atoms with Gasteiger partial charge >= 0.3 is 6.09 Å². The third-order valence-electron chi connectivity index (χ3n) is 2.43. The normalized spacial score (nSPS) is 17.8. The van der Waals surface area contributed by atoms with E-state index in [-0.39, 0.29) is 6.09 Å². The number of ether oxygens (including phenoxy) is 1. The molecule has 1 rings (SSSR count). The number of carbonyl (C=O) groups is 1. The third kappa shape index (κ3) is 4.46. The predicted molar refractivity (Wildman–Crippen MR) is 55.2 cm³/mol. The van der Waals surface area contributed by atoms with Crippen LogP contribution in [-0.4, -0.2) is 32.3 Å². The summed E-state index contributed by atoms with van der Waals surface area (Å²) in [5.74, 6) is 0.616. The van der Waals surface area contributed by atoms with Crippen molar-refractivity contribution in [3.05, 3.63) is 0 Å². The molecule has 1 heterocycles. The van der Waals surface area contributed by atoms with Crippen LogP contribution in [0.2, 0.25) is 0 Å². The van der Waals surface area contributed by atoms with Crippen LogP contribution in [0, 0.1) is 5.92 Å². The van der Waals surface area contributed by atoms with Crippen molar-refractivity contribution >= 4 is 6.09 Å². The minimum atomic E-state index is -0.273. The van der Waals surface area contributed by atoms with Gasteiger partial charge in [-0.05, 0) is 38.3 Å². The Labute approximate surface area is 85.4 Å². The maximum atomic E-state index is 11.1. The number of piperidine rings is 1. The summed E-state index contributed by atoms with van der Waals surface area (Å²) < 4.78 is 4.92. The first-order valence-corrected chi connectivity index (χ1v) is 5.44. The van der Waals surface area contributed by atoms with Crippen molar-refractivity contribution in [2.45, 2.75) is 26.2 Å². The van der Waals surface area contributed by atoms with Gasteiger partial charge in [0.25, 0.3) is 0 Å². The minimum Gasteiger partial charge on any atom is -0.450 e. The fraction of sp³-hybridized carbons (Fsp3) is 0.900. The SMILES string of the molecule is CCCOC(=O)NCC1CCNCC1. The van der Waals surface area contributed by atoms with Crippen LogP contribution in [0.4, 0.5) is 4.79 Å². The topological polar surface area (TPSA) is 50.4 Å². The lowest BCUT2D eigenvalue weighted by Gasteiger charge is -2.22. The summed E-state index contributed by atoms with van der Waals surface area (Å²) in [4.78, 5) is 11.1. The number of hydrogen-bond acceptors (Lipinski definition) is 3. The highest BCUT2D eigenvalue weighted by Crippen LogP contribution is 2.09. The lowest BCUT2D eigenvalue weighted by molar-refractivity contribution is 0.143. The molecule has 1 fully saturated rings. The number of rotatable bonds is 4. The van der Waals surface area contributed by atoms with Gasteiger partial charge in [0.05, 0.1) is 6.61 Å². The first kappa shape index (κ1) is 11.3. The number of amides is 1. The summed E-state index contributed by atoms with van der Waals surface area (Å²) in [6.45, 7) is 5.38. The zero-order valence-electron chi connectivity index (χ0n) is 8.84. The highest BCUT2D eigenvalue weighted by atomic mass is 16.5. The van der Waals surface area contributed by atoms with Crippen molar-refractivity contribution in [2.75, 3.05) is 26.2 Å². The molecular weight excluding hydrogens is 180 g/mol. The van der Waals surface area contributed by atoms with E-state index >= 15 is 0 Å². The molecule has 2 N–H and O–H groups in total. The van der Waals surface area contributed by atoms with E-state index in [1.807, 2.05) is 6.92 Å². The Hall–Kier alpha value is -0.770. The van der Waals surface area contributed by atoms with Gasteiger partial charge in [0.15, 0.2) is 0 Å². The number of alkyl carbamates (subject to hydrolysis) is 1. The molecule has 1 aliphatic rings. The second kappa shape index (κ2) is 6.65. The van der Waals surface area contributed by atoms with Crippen LogP contribution < -0.4 is 10.6 Å². The van der Waals surface area contributed by atoms with E-state index in [4.69, 9.17) is 4.74 Å². The van der Waals surface area contributed by atoms with Crippen molar-refractivity contribution in [3.63, 3.8) is 0 Å². The van der Waals surface area contributed by atoms with E-state index < -0.39 is 0 Å². The molecule has 0 atom stereocenters. The second-order valence-corrected chi connectivity index (χ2v) is 3.71. The fourth-order valence-electron chi connectivity index (χ4n) is 1.56. The summed E-state index contributed by atoms with van der Waals surface area (Å²) in [6, 6.07) is 0. The van der Waals surface area contributed by atoms with Gasteiger partial charge in [-0.15, -0.1) is 0 Å². The Morgan fingerprint density at radius 2 is 2.21 bits per heavy atom. The molecule has 4 heteroatoms. The zero-order chi connectivity index (χ0) is 10.2. The van der Waals surface area contributed by atoms with Crippen LogP contribution >= 0.6 is 0 Å². The van der Waals surface area contributed by atoms with Crippen LogP contribution in [0.1, 0.15) is 26.2 Å². The van der Waals surface area contributed by atoms with E-state index in [1.54, 1.807) is 0 Å². The Morgan fingerprint density at radius 1 is 1.50 bits per heavy atom. The maximum Gasteiger partial charge on any atom is 0.407 e. The number of nitrogens with one attached hydrogen (secondary N) is 2. The van der Waals surface area contributed by atoms with E-state index in [1.165, 1.54) is 0 Å². The molecule has 0 bridgehead atoms. The van der Waals surface area contributed by atoms with Crippen molar-refractivity contribution in [1.29, 1.82) is 0 Å². The van der Waals surface area contributed by atoms with E-state index in [0.717, 1.165) is 38.9 Å². The number of carbonyl (C=O) groups excluding carboxylic acids is 1. The molecule has 4 nitrogen and oxygen atoms in total. The summed E-state index contributed by atoms with van der Waals surface area (Å²) in [5, 5.41) is 6.09. The van der Waals surface area contributed by atoms with Gasteiger partial charge in [0.1, 0.15) is 0 Å². The van der Waals surface area contributed by atoms with Crippen molar-refractivity contribution in [3.8, 4) is 0 Å². The van der Waals surface area contributed by atoms with Gasteiger partial charge in [0, 0.05) is 6.54 Å². The highest BCUT2D eigenvalue weighted by molar-refractivity contribution is 5.67. The predicted octanol–water partition coefficient (Wildman–Crippen LogP) is 1.12.